The lowest BCUT2D eigenvalue weighted by atomic mass is 10.1. The molecule has 1 aromatic carbocycles. The van der Waals surface area contributed by atoms with Gasteiger partial charge in [-0.1, -0.05) is 13.0 Å². The third-order valence-corrected chi connectivity index (χ3v) is 8.02. The van der Waals surface area contributed by atoms with Crippen LogP contribution < -0.4 is 19.5 Å². The Morgan fingerprint density at radius 3 is 2.39 bits per heavy atom. The monoisotopic (exact) mass is 517 g/mol. The molecule has 0 aliphatic carbocycles. The van der Waals surface area contributed by atoms with Crippen LogP contribution in [0.5, 0.6) is 11.5 Å². The first-order chi connectivity index (χ1) is 17.3. The van der Waals surface area contributed by atoms with E-state index in [-0.39, 0.29) is 5.95 Å². The fraction of sp³-hybridized carbons (Fsp3) is 0.478. The second kappa shape index (κ2) is 10.8. The van der Waals surface area contributed by atoms with E-state index < -0.39 is 27.3 Å². The molecule has 0 amide bonds. The number of sulfonamides is 1. The van der Waals surface area contributed by atoms with Gasteiger partial charge < -0.3 is 19.5 Å². The number of nitrogens with one attached hydrogen (secondary N) is 2. The highest BCUT2D eigenvalue weighted by Crippen LogP contribution is 2.37. The molecule has 1 fully saturated rings. The summed E-state index contributed by atoms with van der Waals surface area (Å²) in [5.41, 5.74) is 1.35. The van der Waals surface area contributed by atoms with Crippen LogP contribution in [-0.2, 0) is 14.8 Å². The number of hydrogen-bond acceptors (Lipinski definition) is 10. The van der Waals surface area contributed by atoms with Gasteiger partial charge in [0.1, 0.15) is 29.1 Å². The summed E-state index contributed by atoms with van der Waals surface area (Å²) in [6.07, 6.45) is 2.87. The van der Waals surface area contributed by atoms with Crippen LogP contribution in [0.15, 0.2) is 30.6 Å². The normalized spacial score (nSPS) is 17.9. The van der Waals surface area contributed by atoms with E-state index in [9.17, 15) is 8.42 Å². The predicted octanol–water partition coefficient (Wildman–Crippen LogP) is 1.98. The van der Waals surface area contributed by atoms with Crippen LogP contribution >= 0.6 is 0 Å². The van der Waals surface area contributed by atoms with Crippen molar-refractivity contribution >= 4 is 16.0 Å². The molecule has 0 saturated carbocycles. The van der Waals surface area contributed by atoms with Crippen molar-refractivity contribution in [2.24, 2.45) is 0 Å². The molecule has 3 aromatic rings. The number of benzene rings is 1. The lowest BCUT2D eigenvalue weighted by Crippen LogP contribution is -2.35. The SMILES string of the molecule is COc1cccc(OC)c1-n1c(NS(=O)(=O)[C@@H](C)[C@H](C)c2ncc(C)cn2)nnc1[C@@H]1CNCCO1. The lowest BCUT2D eigenvalue weighted by molar-refractivity contribution is 0.0210. The highest BCUT2D eigenvalue weighted by atomic mass is 32.2. The maximum absolute atomic E-state index is 13.5. The number of rotatable bonds is 9. The summed E-state index contributed by atoms with van der Waals surface area (Å²) in [5.74, 6) is 1.26. The van der Waals surface area contributed by atoms with Gasteiger partial charge in [0.2, 0.25) is 16.0 Å². The minimum atomic E-state index is -3.95. The van der Waals surface area contributed by atoms with E-state index in [0.717, 1.165) is 5.56 Å². The van der Waals surface area contributed by atoms with Crippen LogP contribution in [0.1, 0.15) is 43.1 Å². The van der Waals surface area contributed by atoms with E-state index in [2.05, 4.69) is 30.2 Å². The van der Waals surface area contributed by atoms with Crippen LogP contribution in [-0.4, -0.2) is 72.3 Å². The minimum absolute atomic E-state index is 0.00847. The summed E-state index contributed by atoms with van der Waals surface area (Å²) in [4.78, 5) is 8.61. The maximum atomic E-state index is 13.5. The van der Waals surface area contributed by atoms with E-state index in [0.29, 0.717) is 48.5 Å². The Hall–Kier alpha value is -3.29. The van der Waals surface area contributed by atoms with Gasteiger partial charge in [-0.25, -0.2) is 18.4 Å². The molecule has 36 heavy (non-hydrogen) atoms. The Bertz CT molecular complexity index is 1270. The number of para-hydroxylation sites is 1. The predicted molar refractivity (Wildman–Crippen MR) is 133 cm³/mol. The van der Waals surface area contributed by atoms with E-state index >= 15 is 0 Å². The number of methoxy groups -OCH3 is 2. The zero-order chi connectivity index (χ0) is 25.9. The van der Waals surface area contributed by atoms with Crippen molar-refractivity contribution in [1.29, 1.82) is 0 Å². The molecule has 1 aliphatic rings. The fourth-order valence-corrected chi connectivity index (χ4v) is 5.14. The molecular weight excluding hydrogens is 486 g/mol. The molecule has 2 N–H and O–H groups in total. The van der Waals surface area contributed by atoms with Crippen molar-refractivity contribution in [2.45, 2.75) is 38.0 Å². The Morgan fingerprint density at radius 1 is 1.14 bits per heavy atom. The van der Waals surface area contributed by atoms with E-state index in [1.54, 1.807) is 49.0 Å². The van der Waals surface area contributed by atoms with E-state index in [1.807, 2.05) is 6.92 Å². The van der Waals surface area contributed by atoms with Crippen LogP contribution in [0.4, 0.5) is 5.95 Å². The second-order valence-electron chi connectivity index (χ2n) is 8.55. The average molecular weight is 518 g/mol. The summed E-state index contributed by atoms with van der Waals surface area (Å²) >= 11 is 0. The van der Waals surface area contributed by atoms with Crippen LogP contribution in [0, 0.1) is 6.92 Å². The quantitative estimate of drug-likeness (QED) is 0.432. The third-order valence-electron chi connectivity index (χ3n) is 6.16. The molecule has 12 nitrogen and oxygen atoms in total. The third kappa shape index (κ3) is 5.13. The Kier molecular flexibility index (Phi) is 7.71. The summed E-state index contributed by atoms with van der Waals surface area (Å²) < 4.78 is 48.3. The van der Waals surface area contributed by atoms with E-state index in [4.69, 9.17) is 14.2 Å². The van der Waals surface area contributed by atoms with Crippen molar-refractivity contribution in [3.63, 3.8) is 0 Å². The number of nitrogens with zero attached hydrogens (tertiary/aromatic N) is 5. The summed E-state index contributed by atoms with van der Waals surface area (Å²) in [5, 5.41) is 10.9. The molecule has 3 atom stereocenters. The number of anilines is 1. The first kappa shape index (κ1) is 25.8. The highest BCUT2D eigenvalue weighted by molar-refractivity contribution is 7.93. The van der Waals surface area contributed by atoms with Gasteiger partial charge in [0.25, 0.3) is 0 Å². The largest absolute Gasteiger partial charge is 0.494 e. The summed E-state index contributed by atoms with van der Waals surface area (Å²) in [7, 11) is -0.901. The highest BCUT2D eigenvalue weighted by Gasteiger charge is 2.34. The van der Waals surface area contributed by atoms with Crippen molar-refractivity contribution in [1.82, 2.24) is 30.0 Å². The minimum Gasteiger partial charge on any atom is -0.494 e. The zero-order valence-corrected chi connectivity index (χ0v) is 21.7. The van der Waals surface area contributed by atoms with Crippen molar-refractivity contribution < 1.29 is 22.6 Å². The van der Waals surface area contributed by atoms with E-state index in [1.165, 1.54) is 14.2 Å². The fourth-order valence-electron chi connectivity index (χ4n) is 3.91. The first-order valence-corrected chi connectivity index (χ1v) is 13.1. The van der Waals surface area contributed by atoms with Crippen molar-refractivity contribution in [3.8, 4) is 17.2 Å². The number of ether oxygens (including phenoxy) is 3. The average Bonchev–Trinajstić information content (AvgIpc) is 3.30. The smallest absolute Gasteiger partial charge is 0.243 e. The van der Waals surface area contributed by atoms with Gasteiger partial charge in [-0.05, 0) is 31.5 Å². The molecule has 2 aromatic heterocycles. The summed E-state index contributed by atoms with van der Waals surface area (Å²) in [6, 6.07) is 5.28. The molecule has 3 heterocycles. The number of aromatic nitrogens is 5. The Labute approximate surface area is 210 Å². The van der Waals surface area contributed by atoms with Gasteiger partial charge in [0.05, 0.1) is 26.1 Å². The Balaban J connectivity index is 1.77. The van der Waals surface area contributed by atoms with Gasteiger partial charge >= 0.3 is 0 Å². The van der Waals surface area contributed by atoms with Gasteiger partial charge in [-0.2, -0.15) is 0 Å². The molecular formula is C23H31N7O5S. The molecule has 1 saturated heterocycles. The molecule has 0 unspecified atom stereocenters. The van der Waals surface area contributed by atoms with Gasteiger partial charge in [-0.15, -0.1) is 10.2 Å². The van der Waals surface area contributed by atoms with Crippen LogP contribution in [0.2, 0.25) is 0 Å². The summed E-state index contributed by atoms with van der Waals surface area (Å²) in [6.45, 7) is 6.93. The molecule has 194 valence electrons. The van der Waals surface area contributed by atoms with Gasteiger partial charge in [0.15, 0.2) is 5.82 Å². The molecule has 0 spiro atoms. The standard InChI is InChI=1S/C23H31N7O5S/c1-14-11-25-21(26-12-14)15(2)16(3)36(31,32)29-23-28-27-22(19-13-24-9-10-35-19)30(23)20-17(33-4)7-6-8-18(20)34-5/h6-8,11-12,15-16,19,24H,9-10,13H2,1-5H3,(H,28,29)/t15-,16-,19-/m0/s1. The zero-order valence-electron chi connectivity index (χ0n) is 20.9. The molecule has 13 heteroatoms. The number of aryl methyl sites for hydroxylation is 1. The van der Waals surface area contributed by atoms with Gasteiger partial charge in [-0.3, -0.25) is 9.29 Å². The number of morpholine rings is 1. The lowest BCUT2D eigenvalue weighted by Gasteiger charge is -2.25. The van der Waals surface area contributed by atoms with Crippen molar-refractivity contribution in [3.05, 3.63) is 47.8 Å². The second-order valence-corrected chi connectivity index (χ2v) is 10.6. The maximum Gasteiger partial charge on any atom is 0.243 e. The number of hydrogen-bond donors (Lipinski definition) is 2. The first-order valence-electron chi connectivity index (χ1n) is 11.6. The van der Waals surface area contributed by atoms with Crippen LogP contribution in [0.3, 0.4) is 0 Å². The van der Waals surface area contributed by atoms with Crippen LogP contribution in [0.25, 0.3) is 5.69 Å². The molecule has 0 bridgehead atoms. The Morgan fingerprint density at radius 2 is 1.81 bits per heavy atom. The molecule has 1 aliphatic heterocycles. The van der Waals surface area contributed by atoms with Crippen molar-refractivity contribution in [2.75, 3.05) is 38.6 Å². The van der Waals surface area contributed by atoms with Gasteiger partial charge in [0, 0.05) is 31.4 Å². The topological polar surface area (TPSA) is 142 Å². The molecule has 0 radical (unpaired) electrons. The molecule has 4 rings (SSSR count).